The molecular weight excluding hydrogens is 290 g/mol. The number of hydrogen-bond donors (Lipinski definition) is 0. The first kappa shape index (κ1) is 13.6. The SMILES string of the molecule is O=C1C2=C(CN(c3ccccc3)C(=O)C2)C(=O)c2ccccc21. The lowest BCUT2D eigenvalue weighted by Gasteiger charge is -2.32. The Hall–Kier alpha value is -3.01. The molecule has 112 valence electrons. The summed E-state index contributed by atoms with van der Waals surface area (Å²) in [5.41, 5.74) is 2.36. The molecule has 2 aromatic rings. The molecule has 1 aliphatic heterocycles. The fraction of sp³-hybridized carbons (Fsp3) is 0.105. The molecule has 0 fully saturated rings. The van der Waals surface area contributed by atoms with Gasteiger partial charge >= 0.3 is 0 Å². The maximum atomic E-state index is 12.7. The van der Waals surface area contributed by atoms with Gasteiger partial charge in [-0.3, -0.25) is 14.4 Å². The molecular formula is C19H13NO3. The standard InChI is InChI=1S/C19H13NO3/c21-17-10-15-16(11-20(17)12-6-2-1-3-7-12)19(23)14-9-5-4-8-13(14)18(15)22/h1-9H,10-11H2. The number of carbonyl (C=O) groups excluding carboxylic acids is 3. The van der Waals surface area contributed by atoms with Gasteiger partial charge in [-0.15, -0.1) is 0 Å². The van der Waals surface area contributed by atoms with E-state index in [1.165, 1.54) is 0 Å². The average molecular weight is 303 g/mol. The largest absolute Gasteiger partial charge is 0.308 e. The summed E-state index contributed by atoms with van der Waals surface area (Å²) in [6.07, 6.45) is -0.0247. The third-order valence-corrected chi connectivity index (χ3v) is 4.34. The molecule has 0 radical (unpaired) electrons. The Kier molecular flexibility index (Phi) is 2.98. The van der Waals surface area contributed by atoms with Crippen molar-refractivity contribution >= 4 is 23.2 Å². The molecule has 0 bridgehead atoms. The van der Waals surface area contributed by atoms with Crippen LogP contribution < -0.4 is 4.90 Å². The van der Waals surface area contributed by atoms with Crippen LogP contribution >= 0.6 is 0 Å². The molecule has 1 amide bonds. The smallest absolute Gasteiger partial charge is 0.231 e. The lowest BCUT2D eigenvalue weighted by Crippen LogP contribution is -2.42. The molecule has 23 heavy (non-hydrogen) atoms. The number of Topliss-reactive ketones (excluding diaryl/α,β-unsaturated/α-hetero) is 2. The fourth-order valence-corrected chi connectivity index (χ4v) is 3.17. The van der Waals surface area contributed by atoms with Crippen molar-refractivity contribution in [3.63, 3.8) is 0 Å². The quantitative estimate of drug-likeness (QED) is 0.814. The van der Waals surface area contributed by atoms with Crippen LogP contribution in [-0.4, -0.2) is 24.0 Å². The molecule has 0 atom stereocenters. The van der Waals surface area contributed by atoms with Crippen LogP contribution in [0.3, 0.4) is 0 Å². The molecule has 1 aliphatic carbocycles. The number of fused-ring (bicyclic) bond motifs is 1. The van der Waals surface area contributed by atoms with Crippen molar-refractivity contribution in [3.8, 4) is 0 Å². The van der Waals surface area contributed by atoms with Crippen LogP contribution in [0.15, 0.2) is 65.7 Å². The number of hydrogen-bond acceptors (Lipinski definition) is 3. The number of rotatable bonds is 1. The Morgan fingerprint density at radius 3 is 1.91 bits per heavy atom. The van der Waals surface area contributed by atoms with Gasteiger partial charge in [0.1, 0.15) is 0 Å². The number of anilines is 1. The van der Waals surface area contributed by atoms with Gasteiger partial charge in [0.25, 0.3) is 0 Å². The third kappa shape index (κ3) is 2.03. The van der Waals surface area contributed by atoms with Crippen molar-refractivity contribution in [1.82, 2.24) is 0 Å². The highest BCUT2D eigenvalue weighted by Gasteiger charge is 2.38. The van der Waals surface area contributed by atoms with E-state index in [1.807, 2.05) is 30.3 Å². The Balaban J connectivity index is 1.80. The molecule has 1 heterocycles. The number of amides is 1. The number of carbonyl (C=O) groups is 3. The maximum absolute atomic E-state index is 12.7. The molecule has 0 saturated heterocycles. The van der Waals surface area contributed by atoms with Crippen LogP contribution in [0, 0.1) is 0 Å². The zero-order chi connectivity index (χ0) is 16.0. The van der Waals surface area contributed by atoms with Crippen LogP contribution in [0.5, 0.6) is 0 Å². The molecule has 4 nitrogen and oxygen atoms in total. The summed E-state index contributed by atoms with van der Waals surface area (Å²) >= 11 is 0. The summed E-state index contributed by atoms with van der Waals surface area (Å²) < 4.78 is 0. The predicted molar refractivity (Wildman–Crippen MR) is 85.5 cm³/mol. The summed E-state index contributed by atoms with van der Waals surface area (Å²) in [6.45, 7) is 0.150. The van der Waals surface area contributed by atoms with Crippen LogP contribution in [0.4, 0.5) is 5.69 Å². The van der Waals surface area contributed by atoms with Gasteiger partial charge in [0, 0.05) is 28.0 Å². The minimum absolute atomic E-state index is 0.0247. The first-order chi connectivity index (χ1) is 11.2. The molecule has 4 rings (SSSR count). The van der Waals surface area contributed by atoms with E-state index in [1.54, 1.807) is 29.2 Å². The zero-order valence-corrected chi connectivity index (χ0v) is 12.3. The lowest BCUT2D eigenvalue weighted by atomic mass is 9.80. The minimum atomic E-state index is -0.198. The van der Waals surface area contributed by atoms with E-state index in [9.17, 15) is 14.4 Å². The Morgan fingerprint density at radius 1 is 0.696 bits per heavy atom. The van der Waals surface area contributed by atoms with Gasteiger partial charge in [-0.2, -0.15) is 0 Å². The Morgan fingerprint density at radius 2 is 1.26 bits per heavy atom. The van der Waals surface area contributed by atoms with Gasteiger partial charge in [0.05, 0.1) is 13.0 Å². The number of nitrogens with zero attached hydrogens (tertiary/aromatic N) is 1. The molecule has 0 saturated carbocycles. The molecule has 2 aliphatic rings. The van der Waals surface area contributed by atoms with Crippen molar-refractivity contribution in [2.45, 2.75) is 6.42 Å². The number of para-hydroxylation sites is 1. The highest BCUT2D eigenvalue weighted by atomic mass is 16.2. The van der Waals surface area contributed by atoms with Crippen LogP contribution in [-0.2, 0) is 4.79 Å². The van der Waals surface area contributed by atoms with E-state index < -0.39 is 0 Å². The van der Waals surface area contributed by atoms with Gasteiger partial charge in [0.15, 0.2) is 11.6 Å². The van der Waals surface area contributed by atoms with Gasteiger partial charge in [-0.1, -0.05) is 42.5 Å². The average Bonchev–Trinajstić information content (AvgIpc) is 2.60. The summed E-state index contributed by atoms with van der Waals surface area (Å²) in [7, 11) is 0. The van der Waals surface area contributed by atoms with Crippen molar-refractivity contribution in [2.24, 2.45) is 0 Å². The summed E-state index contributed by atoms with van der Waals surface area (Å²) in [6, 6.07) is 16.0. The van der Waals surface area contributed by atoms with E-state index in [0.717, 1.165) is 5.69 Å². The van der Waals surface area contributed by atoms with Gasteiger partial charge in [0.2, 0.25) is 5.91 Å². The second-order valence-corrected chi connectivity index (χ2v) is 5.65. The second kappa shape index (κ2) is 5.02. The normalized spacial score (nSPS) is 17.2. The monoisotopic (exact) mass is 303 g/mol. The number of benzene rings is 2. The first-order valence-corrected chi connectivity index (χ1v) is 7.42. The van der Waals surface area contributed by atoms with E-state index in [0.29, 0.717) is 22.3 Å². The van der Waals surface area contributed by atoms with Gasteiger partial charge < -0.3 is 4.90 Å². The third-order valence-electron chi connectivity index (χ3n) is 4.34. The molecule has 0 unspecified atom stereocenters. The van der Waals surface area contributed by atoms with E-state index in [2.05, 4.69) is 0 Å². The molecule has 2 aromatic carbocycles. The molecule has 0 aromatic heterocycles. The summed E-state index contributed by atoms with van der Waals surface area (Å²) in [5.74, 6) is -0.504. The summed E-state index contributed by atoms with van der Waals surface area (Å²) in [4.78, 5) is 39.3. The van der Waals surface area contributed by atoms with E-state index in [-0.39, 0.29) is 30.4 Å². The lowest BCUT2D eigenvalue weighted by molar-refractivity contribution is -0.118. The minimum Gasteiger partial charge on any atom is -0.308 e. The first-order valence-electron chi connectivity index (χ1n) is 7.42. The van der Waals surface area contributed by atoms with Crippen LogP contribution in [0.2, 0.25) is 0 Å². The predicted octanol–water partition coefficient (Wildman–Crippen LogP) is 2.80. The second-order valence-electron chi connectivity index (χ2n) is 5.65. The highest BCUT2D eigenvalue weighted by molar-refractivity contribution is 6.29. The van der Waals surface area contributed by atoms with E-state index >= 15 is 0 Å². The number of ketones is 2. The van der Waals surface area contributed by atoms with E-state index in [4.69, 9.17) is 0 Å². The maximum Gasteiger partial charge on any atom is 0.231 e. The van der Waals surface area contributed by atoms with Crippen molar-refractivity contribution in [1.29, 1.82) is 0 Å². The highest BCUT2D eigenvalue weighted by Crippen LogP contribution is 2.33. The van der Waals surface area contributed by atoms with Crippen molar-refractivity contribution in [3.05, 3.63) is 76.9 Å². The molecule has 0 N–H and O–H groups in total. The molecule has 0 spiro atoms. The Labute approximate surface area is 133 Å². The zero-order valence-electron chi connectivity index (χ0n) is 12.3. The van der Waals surface area contributed by atoms with Crippen molar-refractivity contribution < 1.29 is 14.4 Å². The van der Waals surface area contributed by atoms with Crippen LogP contribution in [0.1, 0.15) is 27.1 Å². The van der Waals surface area contributed by atoms with Gasteiger partial charge in [-0.05, 0) is 12.1 Å². The van der Waals surface area contributed by atoms with Crippen molar-refractivity contribution in [2.75, 3.05) is 11.4 Å². The summed E-state index contributed by atoms with van der Waals surface area (Å²) in [5, 5.41) is 0. The van der Waals surface area contributed by atoms with Gasteiger partial charge in [-0.25, -0.2) is 0 Å². The molecule has 4 heteroatoms. The Bertz CT molecular complexity index is 880. The topological polar surface area (TPSA) is 54.5 Å². The fourth-order valence-electron chi connectivity index (χ4n) is 3.17. The van der Waals surface area contributed by atoms with Crippen LogP contribution in [0.25, 0.3) is 0 Å².